The van der Waals surface area contributed by atoms with Crippen LogP contribution in [0.15, 0.2) is 42.5 Å². The third kappa shape index (κ3) is 2.87. The van der Waals surface area contributed by atoms with Crippen molar-refractivity contribution in [3.8, 4) is 5.75 Å². The zero-order chi connectivity index (χ0) is 16.6. The second-order valence-electron chi connectivity index (χ2n) is 5.33. The lowest BCUT2D eigenvalue weighted by Crippen LogP contribution is -2.61. The van der Waals surface area contributed by atoms with E-state index in [0.717, 1.165) is 10.8 Å². The number of carbonyl (C=O) groups is 1. The quantitative estimate of drug-likeness (QED) is 0.634. The molecule has 0 aliphatic carbocycles. The first-order valence-electron chi connectivity index (χ1n) is 7.06. The Morgan fingerprint density at radius 1 is 0.957 bits per heavy atom. The van der Waals surface area contributed by atoms with E-state index < -0.39 is 36.7 Å². The van der Waals surface area contributed by atoms with Crippen molar-refractivity contribution in [2.24, 2.45) is 0 Å². The molecule has 3 rings (SSSR count). The molecule has 7 nitrogen and oxygen atoms in total. The second kappa shape index (κ2) is 6.13. The number of ether oxygens (including phenoxy) is 2. The van der Waals surface area contributed by atoms with Gasteiger partial charge in [-0.05, 0) is 11.5 Å². The monoisotopic (exact) mass is 320 g/mol. The van der Waals surface area contributed by atoms with Crippen LogP contribution in [0.3, 0.4) is 0 Å². The van der Waals surface area contributed by atoms with Crippen molar-refractivity contribution < 1.29 is 34.7 Å². The highest BCUT2D eigenvalue weighted by Gasteiger charge is 2.48. The number of aliphatic carboxylic acids is 1. The SMILES string of the molecule is O=C(O)C1O[C@@H](Oc2cccc3ccccc23)[C@@H](O)[C@@H](O)[C@@H]1O. The summed E-state index contributed by atoms with van der Waals surface area (Å²) in [5.41, 5.74) is 0. The maximum absolute atomic E-state index is 11.1. The first-order valence-corrected chi connectivity index (χ1v) is 7.06. The van der Waals surface area contributed by atoms with Crippen molar-refractivity contribution in [1.29, 1.82) is 0 Å². The van der Waals surface area contributed by atoms with Crippen LogP contribution in [0.25, 0.3) is 10.8 Å². The van der Waals surface area contributed by atoms with E-state index in [2.05, 4.69) is 0 Å². The minimum absolute atomic E-state index is 0.375. The van der Waals surface area contributed by atoms with E-state index in [9.17, 15) is 20.1 Å². The summed E-state index contributed by atoms with van der Waals surface area (Å²) < 4.78 is 10.7. The fourth-order valence-electron chi connectivity index (χ4n) is 2.57. The number of aliphatic hydroxyl groups is 3. The largest absolute Gasteiger partial charge is 0.479 e. The highest BCUT2D eigenvalue weighted by molar-refractivity contribution is 5.88. The fourth-order valence-corrected chi connectivity index (χ4v) is 2.57. The predicted molar refractivity (Wildman–Crippen MR) is 78.9 cm³/mol. The molecule has 1 saturated heterocycles. The molecule has 0 bridgehead atoms. The molecule has 0 saturated carbocycles. The van der Waals surface area contributed by atoms with E-state index in [4.69, 9.17) is 14.6 Å². The molecular weight excluding hydrogens is 304 g/mol. The molecule has 4 N–H and O–H groups in total. The summed E-state index contributed by atoms with van der Waals surface area (Å²) in [7, 11) is 0. The maximum atomic E-state index is 11.1. The van der Waals surface area contributed by atoms with Gasteiger partial charge in [-0.3, -0.25) is 0 Å². The van der Waals surface area contributed by atoms with Crippen LogP contribution in [-0.4, -0.2) is 57.1 Å². The van der Waals surface area contributed by atoms with Gasteiger partial charge in [0.2, 0.25) is 6.29 Å². The number of aliphatic hydroxyl groups excluding tert-OH is 3. The van der Waals surface area contributed by atoms with Gasteiger partial charge in [-0.1, -0.05) is 36.4 Å². The summed E-state index contributed by atoms with van der Waals surface area (Å²) in [5, 5.41) is 40.1. The van der Waals surface area contributed by atoms with Gasteiger partial charge < -0.3 is 29.9 Å². The van der Waals surface area contributed by atoms with Crippen LogP contribution in [-0.2, 0) is 9.53 Å². The number of carboxylic acid groups (broad SMARTS) is 1. The Morgan fingerprint density at radius 3 is 2.39 bits per heavy atom. The molecule has 7 heteroatoms. The normalized spacial score (nSPS) is 31.0. The van der Waals surface area contributed by atoms with Crippen LogP contribution in [0.4, 0.5) is 0 Å². The van der Waals surface area contributed by atoms with Crippen molar-refractivity contribution in [2.45, 2.75) is 30.7 Å². The lowest BCUT2D eigenvalue weighted by Gasteiger charge is -2.38. The minimum atomic E-state index is -1.74. The van der Waals surface area contributed by atoms with Gasteiger partial charge in [-0.2, -0.15) is 0 Å². The number of carboxylic acids is 1. The fraction of sp³-hybridized carbons (Fsp3) is 0.312. The van der Waals surface area contributed by atoms with Crippen molar-refractivity contribution in [1.82, 2.24) is 0 Å². The number of rotatable bonds is 3. The lowest BCUT2D eigenvalue weighted by molar-refractivity contribution is -0.270. The molecule has 0 aromatic heterocycles. The van der Waals surface area contributed by atoms with E-state index in [1.165, 1.54) is 0 Å². The Kier molecular flexibility index (Phi) is 4.18. The standard InChI is InChI=1S/C16H16O7/c17-11-12(18)14(15(20)21)23-16(13(11)19)22-10-7-3-5-8-4-1-2-6-9(8)10/h1-7,11-14,16-19H,(H,20,21)/t11-,12-,13-,14?,16+/m0/s1. The number of hydrogen-bond acceptors (Lipinski definition) is 6. The minimum Gasteiger partial charge on any atom is -0.479 e. The van der Waals surface area contributed by atoms with E-state index in [1.54, 1.807) is 18.2 Å². The first kappa shape index (κ1) is 15.7. The Bertz CT molecular complexity index is 711. The highest BCUT2D eigenvalue weighted by atomic mass is 16.7. The molecule has 1 aliphatic heterocycles. The molecule has 1 unspecified atom stereocenters. The molecule has 0 amide bonds. The molecule has 0 spiro atoms. The average molecular weight is 320 g/mol. The topological polar surface area (TPSA) is 116 Å². The smallest absolute Gasteiger partial charge is 0.335 e. The molecule has 23 heavy (non-hydrogen) atoms. The zero-order valence-corrected chi connectivity index (χ0v) is 11.9. The van der Waals surface area contributed by atoms with Crippen molar-refractivity contribution in [3.63, 3.8) is 0 Å². The summed E-state index contributed by atoms with van der Waals surface area (Å²) in [6, 6.07) is 12.6. The molecule has 5 atom stereocenters. The van der Waals surface area contributed by atoms with Crippen molar-refractivity contribution in [3.05, 3.63) is 42.5 Å². The van der Waals surface area contributed by atoms with Gasteiger partial charge in [-0.15, -0.1) is 0 Å². The Morgan fingerprint density at radius 2 is 1.65 bits per heavy atom. The van der Waals surface area contributed by atoms with Crippen molar-refractivity contribution in [2.75, 3.05) is 0 Å². The summed E-state index contributed by atoms with van der Waals surface area (Å²) in [4.78, 5) is 11.1. The van der Waals surface area contributed by atoms with Gasteiger partial charge in [0.15, 0.2) is 6.10 Å². The predicted octanol–water partition coefficient (Wildman–Crippen LogP) is 0.111. The van der Waals surface area contributed by atoms with Crippen molar-refractivity contribution >= 4 is 16.7 Å². The summed E-state index contributed by atoms with van der Waals surface area (Å²) in [6.45, 7) is 0. The van der Waals surface area contributed by atoms with Gasteiger partial charge in [0.05, 0.1) is 0 Å². The van der Waals surface area contributed by atoms with E-state index in [0.29, 0.717) is 5.75 Å². The van der Waals surface area contributed by atoms with Crippen LogP contribution in [0.5, 0.6) is 5.75 Å². The van der Waals surface area contributed by atoms with Gasteiger partial charge in [0.25, 0.3) is 0 Å². The van der Waals surface area contributed by atoms with Crippen LogP contribution in [0.2, 0.25) is 0 Å². The molecule has 1 fully saturated rings. The van der Waals surface area contributed by atoms with Gasteiger partial charge in [-0.25, -0.2) is 4.79 Å². The summed E-state index contributed by atoms with van der Waals surface area (Å²) in [6.07, 6.45) is -8.12. The number of fused-ring (bicyclic) bond motifs is 1. The molecule has 2 aromatic carbocycles. The van der Waals surface area contributed by atoms with Crippen LogP contribution in [0.1, 0.15) is 0 Å². The lowest BCUT2D eigenvalue weighted by atomic mass is 9.99. The molecule has 2 aromatic rings. The van der Waals surface area contributed by atoms with E-state index >= 15 is 0 Å². The molecule has 0 radical (unpaired) electrons. The van der Waals surface area contributed by atoms with Crippen LogP contribution in [0, 0.1) is 0 Å². The van der Waals surface area contributed by atoms with Gasteiger partial charge in [0, 0.05) is 5.39 Å². The number of hydrogen-bond donors (Lipinski definition) is 4. The van der Waals surface area contributed by atoms with Crippen LogP contribution < -0.4 is 4.74 Å². The van der Waals surface area contributed by atoms with E-state index in [1.807, 2.05) is 24.3 Å². The highest BCUT2D eigenvalue weighted by Crippen LogP contribution is 2.29. The molecular formula is C16H16O7. The summed E-state index contributed by atoms with van der Waals surface area (Å²) >= 11 is 0. The average Bonchev–Trinajstić information content (AvgIpc) is 2.55. The summed E-state index contributed by atoms with van der Waals surface area (Å²) in [5.74, 6) is -1.07. The third-order valence-electron chi connectivity index (χ3n) is 3.81. The number of benzene rings is 2. The Labute approximate surface area is 131 Å². The van der Waals surface area contributed by atoms with Gasteiger partial charge in [0.1, 0.15) is 24.1 Å². The zero-order valence-electron chi connectivity index (χ0n) is 11.9. The first-order chi connectivity index (χ1) is 11.0. The second-order valence-corrected chi connectivity index (χ2v) is 5.33. The van der Waals surface area contributed by atoms with E-state index in [-0.39, 0.29) is 0 Å². The molecule has 122 valence electrons. The Balaban J connectivity index is 1.90. The maximum Gasteiger partial charge on any atom is 0.335 e. The van der Waals surface area contributed by atoms with Crippen LogP contribution >= 0.6 is 0 Å². The Hall–Kier alpha value is -2.19. The third-order valence-corrected chi connectivity index (χ3v) is 3.81. The molecule has 1 aliphatic rings. The molecule has 1 heterocycles. The van der Waals surface area contributed by atoms with Gasteiger partial charge >= 0.3 is 5.97 Å².